The summed E-state index contributed by atoms with van der Waals surface area (Å²) in [5.41, 5.74) is 1.25. The van der Waals surface area contributed by atoms with E-state index in [1.54, 1.807) is 54.6 Å². The van der Waals surface area contributed by atoms with E-state index in [-0.39, 0.29) is 5.91 Å². The summed E-state index contributed by atoms with van der Waals surface area (Å²) in [6.07, 6.45) is 2.93. The summed E-state index contributed by atoms with van der Waals surface area (Å²) in [6, 6.07) is 13.9. The predicted octanol–water partition coefficient (Wildman–Crippen LogP) is 7.32. The lowest BCUT2D eigenvalue weighted by molar-refractivity contribution is -0.111. The number of amides is 1. The summed E-state index contributed by atoms with van der Waals surface area (Å²) in [7, 11) is 0. The van der Waals surface area contributed by atoms with E-state index in [9.17, 15) is 4.79 Å². The summed E-state index contributed by atoms with van der Waals surface area (Å²) < 4.78 is 6.54. The molecule has 7 heteroatoms. The van der Waals surface area contributed by atoms with Gasteiger partial charge in [-0.1, -0.05) is 50.7 Å². The lowest BCUT2D eigenvalue weighted by atomic mass is 10.2. The fourth-order valence-electron chi connectivity index (χ4n) is 2.20. The number of carbonyl (C=O) groups excluding carboxylic acids is 1. The van der Waals surface area contributed by atoms with Crippen LogP contribution in [0.2, 0.25) is 15.1 Å². The molecule has 2 aromatic carbocycles. The molecule has 26 heavy (non-hydrogen) atoms. The van der Waals surface area contributed by atoms with Crippen molar-refractivity contribution in [2.45, 2.75) is 0 Å². The summed E-state index contributed by atoms with van der Waals surface area (Å²) in [4.78, 5) is 12.0. The minimum atomic E-state index is -0.323. The Hall–Kier alpha value is -1.72. The molecule has 0 bridgehead atoms. The molecule has 0 fully saturated rings. The average Bonchev–Trinajstić information content (AvgIpc) is 3.04. The topological polar surface area (TPSA) is 42.2 Å². The molecule has 0 atom stereocenters. The molecule has 1 amide bonds. The number of furan rings is 1. The normalized spacial score (nSPS) is 11.1. The van der Waals surface area contributed by atoms with E-state index in [1.807, 2.05) is 0 Å². The van der Waals surface area contributed by atoms with Gasteiger partial charge in [0.15, 0.2) is 0 Å². The smallest absolute Gasteiger partial charge is 0.248 e. The molecule has 0 aliphatic rings. The van der Waals surface area contributed by atoms with E-state index in [2.05, 4.69) is 21.2 Å². The monoisotopic (exact) mass is 469 g/mol. The molecule has 3 aromatic rings. The van der Waals surface area contributed by atoms with Crippen molar-refractivity contribution in [2.75, 3.05) is 5.32 Å². The molecule has 0 unspecified atom stereocenters. The van der Waals surface area contributed by atoms with E-state index in [4.69, 9.17) is 39.2 Å². The summed E-state index contributed by atoms with van der Waals surface area (Å²) >= 11 is 21.5. The summed E-state index contributed by atoms with van der Waals surface area (Å²) in [5.74, 6) is 0.780. The molecule has 0 saturated heterocycles. The van der Waals surface area contributed by atoms with Crippen LogP contribution in [0.25, 0.3) is 17.4 Å². The maximum Gasteiger partial charge on any atom is 0.248 e. The predicted molar refractivity (Wildman–Crippen MR) is 111 cm³/mol. The molecule has 1 heterocycles. The fourth-order valence-corrected chi connectivity index (χ4v) is 3.42. The van der Waals surface area contributed by atoms with Crippen LogP contribution in [-0.2, 0) is 4.79 Å². The van der Waals surface area contributed by atoms with Gasteiger partial charge in [-0.15, -0.1) is 0 Å². The van der Waals surface area contributed by atoms with Crippen molar-refractivity contribution in [3.8, 4) is 11.3 Å². The molecule has 0 aliphatic heterocycles. The molecule has 1 N–H and O–H groups in total. The number of anilines is 1. The van der Waals surface area contributed by atoms with Crippen LogP contribution in [0.3, 0.4) is 0 Å². The van der Waals surface area contributed by atoms with Crippen LogP contribution in [0.5, 0.6) is 0 Å². The van der Waals surface area contributed by atoms with Crippen molar-refractivity contribution in [3.63, 3.8) is 0 Å². The Morgan fingerprint density at radius 3 is 2.54 bits per heavy atom. The summed E-state index contributed by atoms with van der Waals surface area (Å²) in [6.45, 7) is 0. The van der Waals surface area contributed by atoms with E-state index >= 15 is 0 Å². The van der Waals surface area contributed by atoms with Crippen molar-refractivity contribution in [2.24, 2.45) is 0 Å². The number of halogens is 4. The highest BCUT2D eigenvalue weighted by Gasteiger charge is 2.09. The van der Waals surface area contributed by atoms with Gasteiger partial charge in [0, 0.05) is 21.1 Å². The van der Waals surface area contributed by atoms with Gasteiger partial charge < -0.3 is 9.73 Å². The SMILES string of the molecule is O=C(/C=C/c1ccc(-c2ccc(Cl)cc2Cl)o1)Nc1ccc(Br)cc1Cl. The zero-order valence-electron chi connectivity index (χ0n) is 13.1. The highest BCUT2D eigenvalue weighted by molar-refractivity contribution is 9.10. The van der Waals surface area contributed by atoms with Gasteiger partial charge in [0.2, 0.25) is 5.91 Å². The van der Waals surface area contributed by atoms with Gasteiger partial charge in [-0.05, 0) is 54.6 Å². The lowest BCUT2D eigenvalue weighted by Gasteiger charge is -2.04. The Morgan fingerprint density at radius 1 is 1.00 bits per heavy atom. The van der Waals surface area contributed by atoms with E-state index in [1.165, 1.54) is 6.08 Å². The van der Waals surface area contributed by atoms with Crippen LogP contribution >= 0.6 is 50.7 Å². The van der Waals surface area contributed by atoms with Crippen LogP contribution in [0.1, 0.15) is 5.76 Å². The Bertz CT molecular complexity index is 998. The Morgan fingerprint density at radius 2 is 1.81 bits per heavy atom. The molecular formula is C19H11BrCl3NO2. The van der Waals surface area contributed by atoms with Crippen molar-refractivity contribution < 1.29 is 9.21 Å². The lowest BCUT2D eigenvalue weighted by Crippen LogP contribution is -2.07. The standard InChI is InChI=1S/C19H11BrCl3NO2/c20-11-1-6-17(16(23)9-11)24-19(25)8-4-13-3-7-18(26-13)14-5-2-12(21)10-15(14)22/h1-10H,(H,24,25)/b8-4+. The zero-order chi connectivity index (χ0) is 18.7. The number of carbonyl (C=O) groups is 1. The number of benzene rings is 2. The number of rotatable bonds is 4. The first-order valence-electron chi connectivity index (χ1n) is 7.42. The maximum absolute atomic E-state index is 12.0. The Labute approximate surface area is 173 Å². The fraction of sp³-hybridized carbons (Fsp3) is 0. The third-order valence-electron chi connectivity index (χ3n) is 3.41. The Kier molecular flexibility index (Phi) is 6.09. The van der Waals surface area contributed by atoms with E-state index in [0.717, 1.165) is 10.0 Å². The van der Waals surface area contributed by atoms with Crippen LogP contribution in [0, 0.1) is 0 Å². The van der Waals surface area contributed by atoms with Gasteiger partial charge >= 0.3 is 0 Å². The molecule has 132 valence electrons. The molecule has 0 aliphatic carbocycles. The Balaban J connectivity index is 1.71. The van der Waals surface area contributed by atoms with Crippen LogP contribution in [0.4, 0.5) is 5.69 Å². The van der Waals surface area contributed by atoms with Crippen LogP contribution in [-0.4, -0.2) is 5.91 Å². The molecule has 0 saturated carbocycles. The van der Waals surface area contributed by atoms with Crippen LogP contribution in [0.15, 0.2) is 63.5 Å². The average molecular weight is 472 g/mol. The van der Waals surface area contributed by atoms with Crippen molar-refractivity contribution >= 4 is 68.4 Å². The third kappa shape index (κ3) is 4.71. The highest BCUT2D eigenvalue weighted by Crippen LogP contribution is 2.32. The molecule has 0 radical (unpaired) electrons. The van der Waals surface area contributed by atoms with E-state index in [0.29, 0.717) is 32.3 Å². The molecular weight excluding hydrogens is 460 g/mol. The first-order valence-corrected chi connectivity index (χ1v) is 9.34. The first-order chi connectivity index (χ1) is 12.4. The number of nitrogens with one attached hydrogen (secondary N) is 1. The largest absolute Gasteiger partial charge is 0.457 e. The van der Waals surface area contributed by atoms with Gasteiger partial charge in [-0.3, -0.25) is 4.79 Å². The minimum Gasteiger partial charge on any atom is -0.457 e. The third-order valence-corrected chi connectivity index (χ3v) is 4.77. The van der Waals surface area contributed by atoms with Gasteiger partial charge in [-0.2, -0.15) is 0 Å². The van der Waals surface area contributed by atoms with Gasteiger partial charge in [-0.25, -0.2) is 0 Å². The van der Waals surface area contributed by atoms with Gasteiger partial charge in [0.1, 0.15) is 11.5 Å². The first kappa shape index (κ1) is 19.1. The van der Waals surface area contributed by atoms with Gasteiger partial charge in [0.05, 0.1) is 15.7 Å². The molecule has 3 nitrogen and oxygen atoms in total. The number of hydrogen-bond acceptors (Lipinski definition) is 2. The molecule has 1 aromatic heterocycles. The quantitative estimate of drug-likeness (QED) is 0.405. The van der Waals surface area contributed by atoms with Crippen molar-refractivity contribution in [1.29, 1.82) is 0 Å². The molecule has 0 spiro atoms. The van der Waals surface area contributed by atoms with Crippen molar-refractivity contribution in [3.05, 3.63) is 79.9 Å². The number of hydrogen-bond donors (Lipinski definition) is 1. The second kappa shape index (κ2) is 8.31. The second-order valence-corrected chi connectivity index (χ2v) is 7.44. The molecule has 3 rings (SSSR count). The highest BCUT2D eigenvalue weighted by atomic mass is 79.9. The maximum atomic E-state index is 12.0. The van der Waals surface area contributed by atoms with Gasteiger partial charge in [0.25, 0.3) is 0 Å². The second-order valence-electron chi connectivity index (χ2n) is 5.27. The zero-order valence-corrected chi connectivity index (χ0v) is 17.0. The van der Waals surface area contributed by atoms with Crippen molar-refractivity contribution in [1.82, 2.24) is 0 Å². The minimum absolute atomic E-state index is 0.323. The van der Waals surface area contributed by atoms with Crippen LogP contribution < -0.4 is 5.32 Å². The summed E-state index contributed by atoms with van der Waals surface area (Å²) in [5, 5.41) is 4.19. The van der Waals surface area contributed by atoms with E-state index < -0.39 is 0 Å².